The quantitative estimate of drug-likeness (QED) is 0.894. The molecular formula is C15H14F2N2O2. The van der Waals surface area contributed by atoms with Crippen molar-refractivity contribution < 1.29 is 18.3 Å². The lowest BCUT2D eigenvalue weighted by molar-refractivity contribution is 0.261. The van der Waals surface area contributed by atoms with Crippen molar-refractivity contribution in [1.29, 1.82) is 0 Å². The van der Waals surface area contributed by atoms with Crippen molar-refractivity contribution in [1.82, 2.24) is 0 Å². The smallest absolute Gasteiger partial charge is 0.323 e. The summed E-state index contributed by atoms with van der Waals surface area (Å²) in [5, 5.41) is 4.86. The molecule has 0 aromatic heterocycles. The first kappa shape index (κ1) is 14.8. The third kappa shape index (κ3) is 3.92. The average Bonchev–Trinajstić information content (AvgIpc) is 2.44. The van der Waals surface area contributed by atoms with Gasteiger partial charge in [-0.05, 0) is 31.2 Å². The van der Waals surface area contributed by atoms with Crippen LogP contribution in [0.2, 0.25) is 0 Å². The van der Waals surface area contributed by atoms with E-state index >= 15 is 0 Å². The first-order chi connectivity index (χ1) is 10.1. The van der Waals surface area contributed by atoms with Crippen LogP contribution in [-0.4, -0.2) is 12.6 Å². The Morgan fingerprint density at radius 3 is 2.52 bits per heavy atom. The standard InChI is InChI=1S/C15H14F2N2O2/c1-2-21-14-6-4-3-5-13(14)19-15(20)18-12-8-7-10(16)9-11(12)17/h3-9H,2H2,1H3,(H2,18,19,20). The molecule has 0 aliphatic rings. The van der Waals surface area contributed by atoms with Crippen molar-refractivity contribution in [2.24, 2.45) is 0 Å². The summed E-state index contributed by atoms with van der Waals surface area (Å²) in [7, 11) is 0. The van der Waals surface area contributed by atoms with Crippen LogP contribution in [0.5, 0.6) is 5.75 Å². The van der Waals surface area contributed by atoms with E-state index in [1.165, 1.54) is 0 Å². The minimum atomic E-state index is -0.844. The molecule has 21 heavy (non-hydrogen) atoms. The Kier molecular flexibility index (Phi) is 4.71. The molecule has 4 nitrogen and oxygen atoms in total. The summed E-state index contributed by atoms with van der Waals surface area (Å²) < 4.78 is 31.6. The summed E-state index contributed by atoms with van der Waals surface area (Å²) in [6.07, 6.45) is 0. The molecule has 0 radical (unpaired) electrons. The number of para-hydroxylation sites is 2. The molecule has 0 saturated carbocycles. The number of halogens is 2. The van der Waals surface area contributed by atoms with Crippen molar-refractivity contribution in [3.05, 3.63) is 54.1 Å². The van der Waals surface area contributed by atoms with Gasteiger partial charge in [-0.25, -0.2) is 13.6 Å². The van der Waals surface area contributed by atoms with E-state index in [4.69, 9.17) is 4.74 Å². The van der Waals surface area contributed by atoms with E-state index in [0.29, 0.717) is 24.1 Å². The summed E-state index contributed by atoms with van der Waals surface area (Å²) in [4.78, 5) is 11.8. The van der Waals surface area contributed by atoms with Gasteiger partial charge in [0, 0.05) is 6.07 Å². The Bertz CT molecular complexity index is 647. The Morgan fingerprint density at radius 1 is 1.10 bits per heavy atom. The number of ether oxygens (including phenoxy) is 1. The SMILES string of the molecule is CCOc1ccccc1NC(=O)Nc1ccc(F)cc1F. The molecule has 2 N–H and O–H groups in total. The average molecular weight is 292 g/mol. The van der Waals surface area contributed by atoms with E-state index in [0.717, 1.165) is 12.1 Å². The van der Waals surface area contributed by atoms with Crippen LogP contribution in [0, 0.1) is 11.6 Å². The van der Waals surface area contributed by atoms with Crippen molar-refractivity contribution >= 4 is 17.4 Å². The summed E-state index contributed by atoms with van der Waals surface area (Å²) in [5.74, 6) is -1.04. The molecular weight excluding hydrogens is 278 g/mol. The van der Waals surface area contributed by atoms with Crippen molar-refractivity contribution in [3.8, 4) is 5.75 Å². The highest BCUT2D eigenvalue weighted by Crippen LogP contribution is 2.24. The number of rotatable bonds is 4. The number of carbonyl (C=O) groups is 1. The number of benzene rings is 2. The van der Waals surface area contributed by atoms with E-state index in [1.807, 2.05) is 6.92 Å². The minimum Gasteiger partial charge on any atom is -0.492 e. The predicted octanol–water partition coefficient (Wildman–Crippen LogP) is 4.01. The summed E-state index contributed by atoms with van der Waals surface area (Å²) in [5.41, 5.74) is 0.349. The molecule has 0 spiro atoms. The summed E-state index contributed by atoms with van der Waals surface area (Å²) >= 11 is 0. The topological polar surface area (TPSA) is 50.4 Å². The molecule has 2 aromatic rings. The van der Waals surface area contributed by atoms with Gasteiger partial charge < -0.3 is 15.4 Å². The van der Waals surface area contributed by atoms with Gasteiger partial charge in [0.25, 0.3) is 0 Å². The van der Waals surface area contributed by atoms with E-state index in [2.05, 4.69) is 10.6 Å². The Hall–Kier alpha value is -2.63. The first-order valence-electron chi connectivity index (χ1n) is 6.35. The molecule has 0 unspecified atom stereocenters. The van der Waals surface area contributed by atoms with Gasteiger partial charge in [0.2, 0.25) is 0 Å². The molecule has 0 saturated heterocycles. The van der Waals surface area contributed by atoms with Gasteiger partial charge in [-0.2, -0.15) is 0 Å². The fraction of sp³-hybridized carbons (Fsp3) is 0.133. The maximum Gasteiger partial charge on any atom is 0.323 e. The molecule has 0 bridgehead atoms. The Balaban J connectivity index is 2.08. The van der Waals surface area contributed by atoms with Crippen LogP contribution in [0.15, 0.2) is 42.5 Å². The van der Waals surface area contributed by atoms with Crippen molar-refractivity contribution in [2.45, 2.75) is 6.92 Å². The molecule has 110 valence electrons. The van der Waals surface area contributed by atoms with Crippen LogP contribution >= 0.6 is 0 Å². The zero-order chi connectivity index (χ0) is 15.2. The second kappa shape index (κ2) is 6.69. The van der Waals surface area contributed by atoms with Crippen LogP contribution < -0.4 is 15.4 Å². The number of hydrogen-bond donors (Lipinski definition) is 2. The lowest BCUT2D eigenvalue weighted by atomic mass is 10.3. The van der Waals surface area contributed by atoms with Gasteiger partial charge in [-0.1, -0.05) is 12.1 Å². The van der Waals surface area contributed by atoms with E-state index in [1.54, 1.807) is 24.3 Å². The predicted molar refractivity (Wildman–Crippen MR) is 76.6 cm³/mol. The number of anilines is 2. The van der Waals surface area contributed by atoms with Crippen LogP contribution in [0.3, 0.4) is 0 Å². The third-order valence-electron chi connectivity index (χ3n) is 2.61. The molecule has 0 aliphatic heterocycles. The maximum atomic E-state index is 13.4. The number of amides is 2. The Labute approximate surface area is 120 Å². The normalized spacial score (nSPS) is 10.0. The molecule has 2 amide bonds. The monoisotopic (exact) mass is 292 g/mol. The highest BCUT2D eigenvalue weighted by atomic mass is 19.1. The van der Waals surface area contributed by atoms with Gasteiger partial charge in [-0.3, -0.25) is 0 Å². The van der Waals surface area contributed by atoms with Gasteiger partial charge in [0.15, 0.2) is 0 Å². The molecule has 0 atom stereocenters. The third-order valence-corrected chi connectivity index (χ3v) is 2.61. The van der Waals surface area contributed by atoms with Gasteiger partial charge in [-0.15, -0.1) is 0 Å². The van der Waals surface area contributed by atoms with E-state index < -0.39 is 17.7 Å². The largest absolute Gasteiger partial charge is 0.492 e. The van der Waals surface area contributed by atoms with Crippen LogP contribution in [0.4, 0.5) is 25.0 Å². The number of hydrogen-bond acceptors (Lipinski definition) is 2. The van der Waals surface area contributed by atoms with Crippen molar-refractivity contribution in [2.75, 3.05) is 17.2 Å². The lowest BCUT2D eigenvalue weighted by Crippen LogP contribution is -2.20. The minimum absolute atomic E-state index is 0.109. The van der Waals surface area contributed by atoms with Crippen LogP contribution in [0.1, 0.15) is 6.92 Å². The zero-order valence-electron chi connectivity index (χ0n) is 11.3. The Morgan fingerprint density at radius 2 is 1.81 bits per heavy atom. The van der Waals surface area contributed by atoms with Gasteiger partial charge >= 0.3 is 6.03 Å². The highest BCUT2D eigenvalue weighted by Gasteiger charge is 2.10. The van der Waals surface area contributed by atoms with E-state index in [-0.39, 0.29) is 5.69 Å². The van der Waals surface area contributed by atoms with Crippen LogP contribution in [-0.2, 0) is 0 Å². The van der Waals surface area contributed by atoms with Gasteiger partial charge in [0.05, 0.1) is 18.0 Å². The number of urea groups is 1. The number of nitrogens with one attached hydrogen (secondary N) is 2. The van der Waals surface area contributed by atoms with E-state index in [9.17, 15) is 13.6 Å². The van der Waals surface area contributed by atoms with Gasteiger partial charge in [0.1, 0.15) is 17.4 Å². The zero-order valence-corrected chi connectivity index (χ0v) is 11.3. The fourth-order valence-corrected chi connectivity index (χ4v) is 1.72. The molecule has 0 aliphatic carbocycles. The second-order valence-corrected chi connectivity index (χ2v) is 4.13. The number of carbonyl (C=O) groups excluding carboxylic acids is 1. The molecule has 2 rings (SSSR count). The highest BCUT2D eigenvalue weighted by molar-refractivity contribution is 6.00. The fourth-order valence-electron chi connectivity index (χ4n) is 1.72. The maximum absolute atomic E-state index is 13.4. The molecule has 0 heterocycles. The molecule has 6 heteroatoms. The van der Waals surface area contributed by atoms with Crippen molar-refractivity contribution in [3.63, 3.8) is 0 Å². The molecule has 0 fully saturated rings. The second-order valence-electron chi connectivity index (χ2n) is 4.13. The summed E-state index contributed by atoms with van der Waals surface area (Å²) in [6.45, 7) is 2.28. The lowest BCUT2D eigenvalue weighted by Gasteiger charge is -2.12. The van der Waals surface area contributed by atoms with Crippen LogP contribution in [0.25, 0.3) is 0 Å². The summed E-state index contributed by atoms with van der Waals surface area (Å²) in [6, 6.07) is 9.13. The first-order valence-corrected chi connectivity index (χ1v) is 6.35. The molecule has 2 aromatic carbocycles.